The third-order valence-corrected chi connectivity index (χ3v) is 2.55. The largest absolute Gasteiger partial charge is 0.481 e. The molecule has 0 fully saturated rings. The molecular formula is C11H19N5O3. The highest BCUT2D eigenvalue weighted by Gasteiger charge is 2.16. The number of hydrogen-bond acceptors (Lipinski definition) is 5. The number of nitrogens with zero attached hydrogens (tertiary/aromatic N) is 4. The van der Waals surface area contributed by atoms with Crippen LogP contribution in [0.3, 0.4) is 0 Å². The van der Waals surface area contributed by atoms with Crippen molar-refractivity contribution in [3.63, 3.8) is 0 Å². The number of hydrogen-bond donors (Lipinski definition) is 2. The summed E-state index contributed by atoms with van der Waals surface area (Å²) in [5.41, 5.74) is 0. The first-order chi connectivity index (χ1) is 8.97. The van der Waals surface area contributed by atoms with Gasteiger partial charge in [-0.1, -0.05) is 13.8 Å². The lowest BCUT2D eigenvalue weighted by Crippen LogP contribution is -2.33. The van der Waals surface area contributed by atoms with Gasteiger partial charge >= 0.3 is 5.97 Å². The SMILES string of the molecule is CC(C)C[C@H](CNC(=O)Cn1cnnn1)CC(=O)O. The first-order valence-electron chi connectivity index (χ1n) is 6.16. The second kappa shape index (κ2) is 7.45. The molecule has 0 saturated carbocycles. The molecule has 0 unspecified atom stereocenters. The molecule has 0 spiro atoms. The second-order valence-electron chi connectivity index (χ2n) is 4.90. The van der Waals surface area contributed by atoms with Crippen LogP contribution in [0.4, 0.5) is 0 Å². The molecule has 0 aliphatic heterocycles. The summed E-state index contributed by atoms with van der Waals surface area (Å²) in [6.07, 6.45) is 2.17. The Morgan fingerprint density at radius 2 is 2.16 bits per heavy atom. The Morgan fingerprint density at radius 3 is 2.68 bits per heavy atom. The van der Waals surface area contributed by atoms with E-state index in [1.807, 2.05) is 13.8 Å². The van der Waals surface area contributed by atoms with E-state index in [1.54, 1.807) is 0 Å². The highest BCUT2D eigenvalue weighted by Crippen LogP contribution is 2.14. The Kier molecular flexibility index (Phi) is 5.91. The van der Waals surface area contributed by atoms with Crippen molar-refractivity contribution in [2.75, 3.05) is 6.54 Å². The molecular weight excluding hydrogens is 250 g/mol. The van der Waals surface area contributed by atoms with Gasteiger partial charge in [0.05, 0.1) is 0 Å². The van der Waals surface area contributed by atoms with Crippen LogP contribution in [-0.4, -0.2) is 43.7 Å². The van der Waals surface area contributed by atoms with E-state index in [-0.39, 0.29) is 24.8 Å². The van der Waals surface area contributed by atoms with Crippen molar-refractivity contribution in [1.29, 1.82) is 0 Å². The zero-order chi connectivity index (χ0) is 14.3. The van der Waals surface area contributed by atoms with Crippen LogP contribution >= 0.6 is 0 Å². The summed E-state index contributed by atoms with van der Waals surface area (Å²) >= 11 is 0. The van der Waals surface area contributed by atoms with Crippen molar-refractivity contribution < 1.29 is 14.7 Å². The molecule has 1 aromatic rings. The molecule has 0 radical (unpaired) electrons. The third kappa shape index (κ3) is 6.49. The maximum absolute atomic E-state index is 11.6. The summed E-state index contributed by atoms with van der Waals surface area (Å²) in [7, 11) is 0. The van der Waals surface area contributed by atoms with Crippen LogP contribution in [0.5, 0.6) is 0 Å². The number of amides is 1. The molecule has 0 aromatic carbocycles. The predicted octanol–water partition coefficient (Wildman–Crippen LogP) is -0.0737. The minimum absolute atomic E-state index is 0.0362. The maximum Gasteiger partial charge on any atom is 0.303 e. The van der Waals surface area contributed by atoms with Crippen LogP contribution in [0.15, 0.2) is 6.33 Å². The lowest BCUT2D eigenvalue weighted by Gasteiger charge is -2.17. The normalized spacial score (nSPS) is 12.4. The fraction of sp³-hybridized carbons (Fsp3) is 0.727. The van der Waals surface area contributed by atoms with E-state index in [0.717, 1.165) is 6.42 Å². The van der Waals surface area contributed by atoms with Crippen LogP contribution in [0, 0.1) is 11.8 Å². The molecule has 1 heterocycles. The summed E-state index contributed by atoms with van der Waals surface area (Å²) < 4.78 is 1.31. The predicted molar refractivity (Wildman–Crippen MR) is 66.0 cm³/mol. The monoisotopic (exact) mass is 269 g/mol. The minimum atomic E-state index is -0.847. The van der Waals surface area contributed by atoms with Crippen molar-refractivity contribution in [3.8, 4) is 0 Å². The number of carbonyl (C=O) groups excluding carboxylic acids is 1. The van der Waals surface area contributed by atoms with Crippen molar-refractivity contribution in [2.24, 2.45) is 11.8 Å². The fourth-order valence-electron chi connectivity index (χ4n) is 1.87. The molecule has 1 rings (SSSR count). The Bertz CT molecular complexity index is 404. The van der Waals surface area contributed by atoms with Crippen molar-refractivity contribution in [1.82, 2.24) is 25.5 Å². The van der Waals surface area contributed by atoms with Gasteiger partial charge in [-0.05, 0) is 28.7 Å². The average molecular weight is 269 g/mol. The Labute approximate surface area is 111 Å². The summed E-state index contributed by atoms with van der Waals surface area (Å²) in [5.74, 6) is -0.747. The molecule has 1 aromatic heterocycles. The molecule has 1 amide bonds. The van der Waals surface area contributed by atoms with Gasteiger partial charge in [0.2, 0.25) is 5.91 Å². The van der Waals surface area contributed by atoms with Crippen molar-refractivity contribution in [2.45, 2.75) is 33.2 Å². The van der Waals surface area contributed by atoms with Crippen molar-refractivity contribution >= 4 is 11.9 Å². The molecule has 8 nitrogen and oxygen atoms in total. The molecule has 1 atom stereocenters. The number of aliphatic carboxylic acids is 1. The number of carbonyl (C=O) groups is 2. The Balaban J connectivity index is 2.37. The Hall–Kier alpha value is -1.99. The minimum Gasteiger partial charge on any atom is -0.481 e. The van der Waals surface area contributed by atoms with Gasteiger partial charge in [0.15, 0.2) is 0 Å². The molecule has 106 valence electrons. The quantitative estimate of drug-likeness (QED) is 0.683. The van der Waals surface area contributed by atoms with Gasteiger partial charge in [-0.3, -0.25) is 9.59 Å². The molecule has 0 saturated heterocycles. The standard InChI is InChI=1S/C11H19N5O3/c1-8(2)3-9(4-11(18)19)5-12-10(17)6-16-7-13-14-15-16/h7-9H,3-6H2,1-2H3,(H,12,17)(H,18,19)/t9-/m0/s1. The lowest BCUT2D eigenvalue weighted by atomic mass is 9.94. The summed E-state index contributed by atoms with van der Waals surface area (Å²) in [5, 5.41) is 22.0. The van der Waals surface area contributed by atoms with Gasteiger partial charge in [-0.25, -0.2) is 4.68 Å². The van der Waals surface area contributed by atoms with E-state index < -0.39 is 5.97 Å². The smallest absolute Gasteiger partial charge is 0.303 e. The van der Waals surface area contributed by atoms with Gasteiger partial charge < -0.3 is 10.4 Å². The number of rotatable bonds is 8. The van der Waals surface area contributed by atoms with Gasteiger partial charge in [-0.2, -0.15) is 0 Å². The summed E-state index contributed by atoms with van der Waals surface area (Å²) in [4.78, 5) is 22.4. The number of nitrogens with one attached hydrogen (secondary N) is 1. The zero-order valence-corrected chi connectivity index (χ0v) is 11.1. The number of carboxylic acid groups (broad SMARTS) is 1. The van der Waals surface area contributed by atoms with Crippen LogP contribution < -0.4 is 5.32 Å². The molecule has 8 heteroatoms. The van der Waals surface area contributed by atoms with Gasteiger partial charge in [0, 0.05) is 13.0 Å². The second-order valence-corrected chi connectivity index (χ2v) is 4.90. The highest BCUT2D eigenvalue weighted by atomic mass is 16.4. The van der Waals surface area contributed by atoms with E-state index in [9.17, 15) is 9.59 Å². The summed E-state index contributed by atoms with van der Waals surface area (Å²) in [6.45, 7) is 4.44. The van der Waals surface area contributed by atoms with Gasteiger partial charge in [0.25, 0.3) is 0 Å². The average Bonchev–Trinajstić information content (AvgIpc) is 2.77. The van der Waals surface area contributed by atoms with Crippen LogP contribution in [-0.2, 0) is 16.1 Å². The van der Waals surface area contributed by atoms with Crippen molar-refractivity contribution in [3.05, 3.63) is 6.33 Å². The molecule has 0 bridgehead atoms. The van der Waals surface area contributed by atoms with Gasteiger partial charge in [-0.15, -0.1) is 5.10 Å². The molecule has 0 aliphatic carbocycles. The number of tetrazole rings is 1. The van der Waals surface area contributed by atoms with E-state index in [0.29, 0.717) is 12.5 Å². The number of carboxylic acids is 1. The van der Waals surface area contributed by atoms with E-state index in [1.165, 1.54) is 11.0 Å². The fourth-order valence-corrected chi connectivity index (χ4v) is 1.87. The van der Waals surface area contributed by atoms with E-state index >= 15 is 0 Å². The first-order valence-corrected chi connectivity index (χ1v) is 6.16. The summed E-state index contributed by atoms with van der Waals surface area (Å²) in [6, 6.07) is 0. The Morgan fingerprint density at radius 1 is 1.42 bits per heavy atom. The zero-order valence-electron chi connectivity index (χ0n) is 11.1. The van der Waals surface area contributed by atoms with Gasteiger partial charge in [0.1, 0.15) is 12.9 Å². The maximum atomic E-state index is 11.6. The van der Waals surface area contributed by atoms with Crippen LogP contribution in [0.2, 0.25) is 0 Å². The molecule has 19 heavy (non-hydrogen) atoms. The highest BCUT2D eigenvalue weighted by molar-refractivity contribution is 5.75. The first kappa shape index (κ1) is 15.1. The lowest BCUT2D eigenvalue weighted by molar-refractivity contribution is -0.138. The molecule has 0 aliphatic rings. The topological polar surface area (TPSA) is 110 Å². The molecule has 2 N–H and O–H groups in total. The number of aromatic nitrogens is 4. The van der Waals surface area contributed by atoms with Crippen LogP contribution in [0.1, 0.15) is 26.7 Å². The van der Waals surface area contributed by atoms with E-state index in [2.05, 4.69) is 20.8 Å². The van der Waals surface area contributed by atoms with Crippen LogP contribution in [0.25, 0.3) is 0 Å². The third-order valence-electron chi connectivity index (χ3n) is 2.55. The van der Waals surface area contributed by atoms with E-state index in [4.69, 9.17) is 5.11 Å².